The Morgan fingerprint density at radius 1 is 1.16 bits per heavy atom. The van der Waals surface area contributed by atoms with Crippen LogP contribution in [0.1, 0.15) is 39.5 Å². The van der Waals surface area contributed by atoms with Gasteiger partial charge in [-0.25, -0.2) is 0 Å². The molecule has 110 valence electrons. The Morgan fingerprint density at radius 3 is 2.16 bits per heavy atom. The third-order valence-corrected chi connectivity index (χ3v) is 3.87. The summed E-state index contributed by atoms with van der Waals surface area (Å²) in [6.45, 7) is 4.07. The van der Waals surface area contributed by atoms with Gasteiger partial charge >= 0.3 is 5.97 Å². The van der Waals surface area contributed by atoms with Crippen LogP contribution >= 0.6 is 0 Å². The van der Waals surface area contributed by atoms with Gasteiger partial charge in [-0.2, -0.15) is 0 Å². The molecule has 5 heteroatoms. The summed E-state index contributed by atoms with van der Waals surface area (Å²) in [6, 6.07) is 0.148. The number of methoxy groups -OCH3 is 1. The minimum Gasteiger partial charge on any atom is -0.469 e. The molecule has 1 aliphatic carbocycles. The first-order valence-electron chi connectivity index (χ1n) is 7.05. The lowest BCUT2D eigenvalue weighted by molar-refractivity contribution is -0.146. The van der Waals surface area contributed by atoms with Crippen molar-refractivity contribution in [1.29, 1.82) is 0 Å². The number of carbonyl (C=O) groups is 2. The molecule has 5 nitrogen and oxygen atoms in total. The number of likely N-dealkylation sites (N-methyl/N-ethyl adjacent to an activating group) is 1. The Labute approximate surface area is 115 Å². The number of amides is 1. The van der Waals surface area contributed by atoms with Crippen LogP contribution in [0.25, 0.3) is 0 Å². The normalized spacial score (nSPS) is 24.9. The third-order valence-electron chi connectivity index (χ3n) is 3.87. The van der Waals surface area contributed by atoms with E-state index >= 15 is 0 Å². The zero-order valence-corrected chi connectivity index (χ0v) is 12.4. The number of esters is 1. The fraction of sp³-hybridized carbons (Fsp3) is 0.857. The molecule has 0 aromatic carbocycles. The second-order valence-electron chi connectivity index (χ2n) is 5.57. The molecular weight excluding hydrogens is 244 g/mol. The number of carbonyl (C=O) groups excluding carboxylic acids is 2. The molecule has 0 unspecified atom stereocenters. The first-order valence-corrected chi connectivity index (χ1v) is 7.05. The first-order chi connectivity index (χ1) is 8.99. The molecular formula is C14H26N2O3. The van der Waals surface area contributed by atoms with Gasteiger partial charge in [0.25, 0.3) is 0 Å². The van der Waals surface area contributed by atoms with Gasteiger partial charge in [-0.1, -0.05) is 13.8 Å². The Hall–Kier alpha value is -1.10. The highest BCUT2D eigenvalue weighted by Gasteiger charge is 2.30. The summed E-state index contributed by atoms with van der Waals surface area (Å²) >= 11 is 0. The van der Waals surface area contributed by atoms with Crippen molar-refractivity contribution in [3.05, 3.63) is 0 Å². The molecule has 1 rings (SSSR count). The Kier molecular flexibility index (Phi) is 6.28. The lowest BCUT2D eigenvalue weighted by atomic mass is 9.85. The molecule has 0 saturated heterocycles. The van der Waals surface area contributed by atoms with Gasteiger partial charge in [0.05, 0.1) is 19.1 Å². The summed E-state index contributed by atoms with van der Waals surface area (Å²) in [7, 11) is 3.10. The van der Waals surface area contributed by atoms with Crippen molar-refractivity contribution in [3.8, 4) is 0 Å². The highest BCUT2D eigenvalue weighted by Crippen LogP contribution is 2.26. The Balaban J connectivity index is 2.47. The number of rotatable bonds is 5. The molecule has 0 heterocycles. The molecule has 0 aromatic rings. The predicted octanol–water partition coefficient (Wildman–Crippen LogP) is 1.08. The SMILES string of the molecule is CNC(=O)[C@@H](NC1CCC(C(=O)OC)CC1)C(C)C. The van der Waals surface area contributed by atoms with E-state index in [0.29, 0.717) is 6.04 Å². The Morgan fingerprint density at radius 2 is 1.74 bits per heavy atom. The smallest absolute Gasteiger partial charge is 0.308 e. The van der Waals surface area contributed by atoms with Crippen LogP contribution in [0.3, 0.4) is 0 Å². The molecule has 1 atom stereocenters. The molecule has 1 amide bonds. The average molecular weight is 270 g/mol. The molecule has 1 saturated carbocycles. The topological polar surface area (TPSA) is 67.4 Å². The van der Waals surface area contributed by atoms with Crippen LogP contribution in [0.15, 0.2) is 0 Å². The van der Waals surface area contributed by atoms with Crippen LogP contribution < -0.4 is 10.6 Å². The van der Waals surface area contributed by atoms with Gasteiger partial charge in [0.15, 0.2) is 0 Å². The van der Waals surface area contributed by atoms with E-state index in [1.807, 2.05) is 13.8 Å². The van der Waals surface area contributed by atoms with Crippen LogP contribution in [-0.4, -0.2) is 38.1 Å². The van der Waals surface area contributed by atoms with Crippen molar-refractivity contribution in [2.45, 2.75) is 51.6 Å². The number of hydrogen-bond donors (Lipinski definition) is 2. The molecule has 19 heavy (non-hydrogen) atoms. The van der Waals surface area contributed by atoms with E-state index in [-0.39, 0.29) is 29.8 Å². The Bertz CT molecular complexity index is 310. The second-order valence-corrected chi connectivity index (χ2v) is 5.57. The van der Waals surface area contributed by atoms with Crippen LogP contribution in [-0.2, 0) is 14.3 Å². The van der Waals surface area contributed by atoms with Crippen LogP contribution in [0, 0.1) is 11.8 Å². The molecule has 1 fully saturated rings. The van der Waals surface area contributed by atoms with Crippen molar-refractivity contribution in [1.82, 2.24) is 10.6 Å². The minimum atomic E-state index is -0.162. The lowest BCUT2D eigenvalue weighted by Crippen LogP contribution is -2.51. The summed E-state index contributed by atoms with van der Waals surface area (Å²) < 4.78 is 4.78. The molecule has 1 aliphatic rings. The number of nitrogens with one attached hydrogen (secondary N) is 2. The summed E-state index contributed by atoms with van der Waals surface area (Å²) in [6.07, 6.45) is 3.51. The highest BCUT2D eigenvalue weighted by molar-refractivity contribution is 5.81. The summed E-state index contributed by atoms with van der Waals surface area (Å²) in [5, 5.41) is 6.12. The van der Waals surface area contributed by atoms with E-state index in [2.05, 4.69) is 10.6 Å². The molecule has 0 radical (unpaired) electrons. The zero-order valence-electron chi connectivity index (χ0n) is 12.4. The van der Waals surface area contributed by atoms with Gasteiger partial charge in [-0.3, -0.25) is 9.59 Å². The standard InChI is InChI=1S/C14H26N2O3/c1-9(2)12(13(17)15-3)16-11-7-5-10(6-8-11)14(18)19-4/h9-12,16H,5-8H2,1-4H3,(H,15,17)/t10?,11?,12-/m0/s1. The fourth-order valence-electron chi connectivity index (χ4n) is 2.64. The van der Waals surface area contributed by atoms with Gasteiger partial charge in [0, 0.05) is 13.1 Å². The van der Waals surface area contributed by atoms with E-state index in [1.165, 1.54) is 7.11 Å². The van der Waals surface area contributed by atoms with Gasteiger partial charge < -0.3 is 15.4 Å². The average Bonchev–Trinajstić information content (AvgIpc) is 2.43. The zero-order chi connectivity index (χ0) is 14.4. The van der Waals surface area contributed by atoms with Crippen molar-refractivity contribution < 1.29 is 14.3 Å². The molecule has 0 spiro atoms. The minimum absolute atomic E-state index is 0.0283. The predicted molar refractivity (Wildman–Crippen MR) is 73.6 cm³/mol. The van der Waals surface area contributed by atoms with Gasteiger partial charge in [-0.05, 0) is 31.6 Å². The lowest BCUT2D eigenvalue weighted by Gasteiger charge is -2.32. The quantitative estimate of drug-likeness (QED) is 0.734. The van der Waals surface area contributed by atoms with Gasteiger partial charge in [0.1, 0.15) is 0 Å². The maximum Gasteiger partial charge on any atom is 0.308 e. The van der Waals surface area contributed by atoms with Crippen LogP contribution in [0.2, 0.25) is 0 Å². The van der Waals surface area contributed by atoms with Crippen LogP contribution in [0.5, 0.6) is 0 Å². The number of hydrogen-bond acceptors (Lipinski definition) is 4. The van der Waals surface area contributed by atoms with Crippen LogP contribution in [0.4, 0.5) is 0 Å². The van der Waals surface area contributed by atoms with E-state index < -0.39 is 0 Å². The maximum absolute atomic E-state index is 11.8. The molecule has 0 bridgehead atoms. The van der Waals surface area contributed by atoms with Crippen molar-refractivity contribution in [3.63, 3.8) is 0 Å². The number of ether oxygens (including phenoxy) is 1. The van der Waals surface area contributed by atoms with E-state index in [0.717, 1.165) is 25.7 Å². The van der Waals surface area contributed by atoms with E-state index in [4.69, 9.17) is 4.74 Å². The summed E-state index contributed by atoms with van der Waals surface area (Å²) in [4.78, 5) is 23.3. The van der Waals surface area contributed by atoms with E-state index in [9.17, 15) is 9.59 Å². The monoisotopic (exact) mass is 270 g/mol. The fourth-order valence-corrected chi connectivity index (χ4v) is 2.64. The van der Waals surface area contributed by atoms with Crippen molar-refractivity contribution >= 4 is 11.9 Å². The first kappa shape index (κ1) is 16.0. The van der Waals surface area contributed by atoms with Gasteiger partial charge in [0.2, 0.25) is 5.91 Å². The second kappa shape index (κ2) is 7.48. The largest absolute Gasteiger partial charge is 0.469 e. The summed E-state index contributed by atoms with van der Waals surface area (Å²) in [5.41, 5.74) is 0. The van der Waals surface area contributed by atoms with Gasteiger partial charge in [-0.15, -0.1) is 0 Å². The molecule has 0 aromatic heterocycles. The van der Waals surface area contributed by atoms with Crippen molar-refractivity contribution in [2.75, 3.05) is 14.2 Å². The van der Waals surface area contributed by atoms with Crippen molar-refractivity contribution in [2.24, 2.45) is 11.8 Å². The molecule has 0 aliphatic heterocycles. The summed E-state index contributed by atoms with van der Waals surface area (Å²) in [5.74, 6) is 0.203. The molecule has 2 N–H and O–H groups in total. The highest BCUT2D eigenvalue weighted by atomic mass is 16.5. The maximum atomic E-state index is 11.8. The van der Waals surface area contributed by atoms with E-state index in [1.54, 1.807) is 7.05 Å². The third kappa shape index (κ3) is 4.49.